The van der Waals surface area contributed by atoms with E-state index < -0.39 is 0 Å². The Labute approximate surface area is 127 Å². The molecule has 0 radical (unpaired) electrons. The molecule has 1 heterocycles. The van der Waals surface area contributed by atoms with Gasteiger partial charge in [0.05, 0.1) is 6.61 Å². The second-order valence-electron chi connectivity index (χ2n) is 4.69. The van der Waals surface area contributed by atoms with E-state index in [9.17, 15) is 0 Å². The Morgan fingerprint density at radius 2 is 1.71 bits per heavy atom. The number of anilines is 3. The molecule has 21 heavy (non-hydrogen) atoms. The van der Waals surface area contributed by atoms with Gasteiger partial charge < -0.3 is 20.3 Å². The van der Waals surface area contributed by atoms with E-state index in [0.717, 1.165) is 19.6 Å². The Morgan fingerprint density at radius 3 is 2.29 bits per heavy atom. The minimum absolute atomic E-state index is 0.145. The molecule has 0 saturated heterocycles. The van der Waals surface area contributed by atoms with E-state index in [2.05, 4.69) is 44.3 Å². The van der Waals surface area contributed by atoms with Crippen LogP contribution in [0.5, 0.6) is 0 Å². The molecule has 0 amide bonds. The smallest absolute Gasteiger partial charge is 0.231 e. The lowest BCUT2D eigenvalue weighted by Gasteiger charge is -2.20. The van der Waals surface area contributed by atoms with Gasteiger partial charge in [0.1, 0.15) is 0 Å². The summed E-state index contributed by atoms with van der Waals surface area (Å²) in [6.45, 7) is 14.0. The van der Waals surface area contributed by atoms with Gasteiger partial charge >= 0.3 is 0 Å². The summed E-state index contributed by atoms with van der Waals surface area (Å²) in [5.74, 6) is 1.87. The topological polar surface area (TPSA) is 75.2 Å². The number of hydrogen-bond acceptors (Lipinski definition) is 7. The summed E-state index contributed by atoms with van der Waals surface area (Å²) in [5, 5.41) is 6.41. The van der Waals surface area contributed by atoms with Gasteiger partial charge in [-0.2, -0.15) is 15.0 Å². The summed E-state index contributed by atoms with van der Waals surface area (Å²) < 4.78 is 5.41. The molecule has 0 fully saturated rings. The summed E-state index contributed by atoms with van der Waals surface area (Å²) >= 11 is 0. The average molecular weight is 296 g/mol. The highest BCUT2D eigenvalue weighted by Crippen LogP contribution is 2.14. The molecule has 1 unspecified atom stereocenters. The van der Waals surface area contributed by atoms with E-state index in [0.29, 0.717) is 31.1 Å². The van der Waals surface area contributed by atoms with Crippen LogP contribution >= 0.6 is 0 Å². The first-order chi connectivity index (χ1) is 10.1. The van der Waals surface area contributed by atoms with Gasteiger partial charge in [-0.05, 0) is 34.6 Å². The molecule has 1 rings (SSSR count). The zero-order valence-electron chi connectivity index (χ0n) is 13.8. The van der Waals surface area contributed by atoms with Crippen molar-refractivity contribution in [1.82, 2.24) is 15.0 Å². The van der Waals surface area contributed by atoms with Crippen LogP contribution < -0.4 is 15.5 Å². The Bertz CT molecular complexity index is 410. The molecular weight excluding hydrogens is 268 g/mol. The molecule has 7 nitrogen and oxygen atoms in total. The van der Waals surface area contributed by atoms with Crippen LogP contribution in [0.3, 0.4) is 0 Å². The van der Waals surface area contributed by atoms with E-state index in [1.807, 2.05) is 20.8 Å². The fraction of sp³-hybridized carbons (Fsp3) is 0.786. The molecule has 0 saturated carbocycles. The van der Waals surface area contributed by atoms with Gasteiger partial charge in [0.25, 0.3) is 0 Å². The van der Waals surface area contributed by atoms with Crippen LogP contribution in [0.2, 0.25) is 0 Å². The van der Waals surface area contributed by atoms with Gasteiger partial charge in [-0.1, -0.05) is 0 Å². The van der Waals surface area contributed by atoms with E-state index in [1.165, 1.54) is 0 Å². The zero-order chi connectivity index (χ0) is 15.7. The van der Waals surface area contributed by atoms with Crippen molar-refractivity contribution in [3.8, 4) is 0 Å². The van der Waals surface area contributed by atoms with Crippen LogP contribution in [-0.4, -0.2) is 53.8 Å². The highest BCUT2D eigenvalue weighted by molar-refractivity contribution is 5.44. The molecule has 1 aromatic rings. The minimum Gasteiger partial charge on any atom is -0.380 e. The van der Waals surface area contributed by atoms with E-state index in [-0.39, 0.29) is 6.04 Å². The molecule has 0 bridgehead atoms. The number of nitrogens with one attached hydrogen (secondary N) is 2. The third-order valence-corrected chi connectivity index (χ3v) is 2.95. The highest BCUT2D eigenvalue weighted by Gasteiger charge is 2.12. The summed E-state index contributed by atoms with van der Waals surface area (Å²) in [7, 11) is 0. The first-order valence-electron chi connectivity index (χ1n) is 7.73. The predicted octanol–water partition coefficient (Wildman–Crippen LogP) is 1.99. The maximum atomic E-state index is 5.41. The molecule has 7 heteroatoms. The lowest BCUT2D eigenvalue weighted by atomic mass is 10.4. The van der Waals surface area contributed by atoms with Crippen molar-refractivity contribution < 1.29 is 4.74 Å². The maximum Gasteiger partial charge on any atom is 0.231 e. The van der Waals surface area contributed by atoms with E-state index in [1.54, 1.807) is 0 Å². The average Bonchev–Trinajstić information content (AvgIpc) is 2.46. The number of nitrogens with zero attached hydrogens (tertiary/aromatic N) is 4. The monoisotopic (exact) mass is 296 g/mol. The molecule has 120 valence electrons. The zero-order valence-corrected chi connectivity index (χ0v) is 13.8. The fourth-order valence-electron chi connectivity index (χ4n) is 1.87. The van der Waals surface area contributed by atoms with Crippen LogP contribution in [0.4, 0.5) is 17.8 Å². The Morgan fingerprint density at radius 1 is 1.05 bits per heavy atom. The van der Waals surface area contributed by atoms with Crippen LogP contribution in [0.15, 0.2) is 0 Å². The van der Waals surface area contributed by atoms with Crippen molar-refractivity contribution in [2.24, 2.45) is 0 Å². The highest BCUT2D eigenvalue weighted by atomic mass is 16.5. The first kappa shape index (κ1) is 17.4. The van der Waals surface area contributed by atoms with Gasteiger partial charge in [0, 0.05) is 32.3 Å². The largest absolute Gasteiger partial charge is 0.380 e. The van der Waals surface area contributed by atoms with Crippen LogP contribution in [0.1, 0.15) is 34.6 Å². The standard InChI is InChI=1S/C14H28N6O/c1-6-15-12-17-13(16-11(5)10-21-9-4)19-14(18-12)20(7-2)8-3/h11H,6-10H2,1-5H3,(H2,15,16,17,18,19). The fourth-order valence-corrected chi connectivity index (χ4v) is 1.87. The second kappa shape index (κ2) is 9.33. The molecule has 2 N–H and O–H groups in total. The Balaban J connectivity index is 2.90. The normalized spacial score (nSPS) is 12.0. The molecular formula is C14H28N6O. The van der Waals surface area contributed by atoms with Gasteiger partial charge in [-0.15, -0.1) is 0 Å². The number of hydrogen-bond donors (Lipinski definition) is 2. The third kappa shape index (κ3) is 5.71. The van der Waals surface area contributed by atoms with Crippen molar-refractivity contribution >= 4 is 17.8 Å². The lowest BCUT2D eigenvalue weighted by Crippen LogP contribution is -2.27. The van der Waals surface area contributed by atoms with Crippen molar-refractivity contribution in [2.75, 3.05) is 48.4 Å². The van der Waals surface area contributed by atoms with Crippen molar-refractivity contribution in [3.63, 3.8) is 0 Å². The molecule has 0 aliphatic rings. The molecule has 1 atom stereocenters. The summed E-state index contributed by atoms with van der Waals surface area (Å²) in [5.41, 5.74) is 0. The number of ether oxygens (including phenoxy) is 1. The lowest BCUT2D eigenvalue weighted by molar-refractivity contribution is 0.141. The van der Waals surface area contributed by atoms with Gasteiger partial charge in [0.15, 0.2) is 0 Å². The van der Waals surface area contributed by atoms with E-state index >= 15 is 0 Å². The molecule has 0 spiro atoms. The first-order valence-corrected chi connectivity index (χ1v) is 7.73. The molecule has 0 aromatic carbocycles. The van der Waals surface area contributed by atoms with Crippen LogP contribution in [0, 0.1) is 0 Å². The third-order valence-electron chi connectivity index (χ3n) is 2.95. The molecule has 0 aliphatic heterocycles. The number of rotatable bonds is 10. The number of aromatic nitrogens is 3. The minimum atomic E-state index is 0.145. The van der Waals surface area contributed by atoms with Gasteiger partial charge in [-0.3, -0.25) is 0 Å². The Kier molecular flexibility index (Phi) is 7.74. The SMILES string of the molecule is CCNc1nc(NC(C)COCC)nc(N(CC)CC)n1. The maximum absolute atomic E-state index is 5.41. The quantitative estimate of drug-likeness (QED) is 0.684. The van der Waals surface area contributed by atoms with Crippen LogP contribution in [0.25, 0.3) is 0 Å². The second-order valence-corrected chi connectivity index (χ2v) is 4.69. The predicted molar refractivity (Wildman–Crippen MR) is 87.1 cm³/mol. The Hall–Kier alpha value is -1.63. The van der Waals surface area contributed by atoms with Crippen molar-refractivity contribution in [2.45, 2.75) is 40.7 Å². The van der Waals surface area contributed by atoms with Gasteiger partial charge in [-0.25, -0.2) is 0 Å². The van der Waals surface area contributed by atoms with E-state index in [4.69, 9.17) is 4.74 Å². The van der Waals surface area contributed by atoms with Crippen molar-refractivity contribution in [1.29, 1.82) is 0 Å². The van der Waals surface area contributed by atoms with Gasteiger partial charge in [0.2, 0.25) is 17.8 Å². The molecule has 0 aliphatic carbocycles. The summed E-state index contributed by atoms with van der Waals surface area (Å²) in [6, 6.07) is 0.145. The van der Waals surface area contributed by atoms with Crippen molar-refractivity contribution in [3.05, 3.63) is 0 Å². The summed E-state index contributed by atoms with van der Waals surface area (Å²) in [6.07, 6.45) is 0. The van der Waals surface area contributed by atoms with Crippen LogP contribution in [-0.2, 0) is 4.74 Å². The molecule has 1 aromatic heterocycles. The summed E-state index contributed by atoms with van der Waals surface area (Å²) in [4.78, 5) is 15.5.